The zero-order valence-corrected chi connectivity index (χ0v) is 20.9. The molecule has 2 aliphatic rings. The quantitative estimate of drug-likeness (QED) is 0.332. The molecule has 1 aromatic rings. The van der Waals surface area contributed by atoms with Crippen molar-refractivity contribution in [3.8, 4) is 0 Å². The summed E-state index contributed by atoms with van der Waals surface area (Å²) >= 11 is 1.75. The lowest BCUT2D eigenvalue weighted by Gasteiger charge is -2.31. The van der Waals surface area contributed by atoms with Crippen LogP contribution in [0.3, 0.4) is 0 Å². The lowest BCUT2D eigenvalue weighted by atomic mass is 9.87. The van der Waals surface area contributed by atoms with E-state index in [0.717, 1.165) is 31.5 Å². The van der Waals surface area contributed by atoms with Crippen LogP contribution < -0.4 is 10.6 Å². The molecule has 0 radical (unpaired) electrons. The Balaban J connectivity index is 0.00000280. The fraction of sp³-hybridized carbons (Fsp3) is 0.810. The Hall–Kier alpha value is -0.410. The number of hydrogen-bond donors (Lipinski definition) is 2. The van der Waals surface area contributed by atoms with Gasteiger partial charge in [-0.15, -0.1) is 35.3 Å². The van der Waals surface area contributed by atoms with Crippen LogP contribution in [0.2, 0.25) is 0 Å². The standard InChI is InChI=1S/C21H37N5S.HI/c1-4-22-21(25-19-7-5-6-16(2)12-19)23-13-18-8-10-26(11-9-18)14-20-15-27-17(3)24-20;/h15-16,18-19H,4-14H2,1-3H3,(H2,22,23,25);1H. The number of aromatic nitrogens is 1. The Morgan fingerprint density at radius 1 is 1.29 bits per heavy atom. The van der Waals surface area contributed by atoms with Gasteiger partial charge in [-0.05, 0) is 64.5 Å². The number of aryl methyl sites for hydroxylation is 1. The number of nitrogens with one attached hydrogen (secondary N) is 2. The molecule has 1 saturated carbocycles. The van der Waals surface area contributed by atoms with Crippen molar-refractivity contribution in [1.29, 1.82) is 0 Å². The van der Waals surface area contributed by atoms with Crippen molar-refractivity contribution in [3.63, 3.8) is 0 Å². The Morgan fingerprint density at radius 2 is 2.07 bits per heavy atom. The van der Waals surface area contributed by atoms with Crippen LogP contribution in [0.4, 0.5) is 0 Å². The van der Waals surface area contributed by atoms with Gasteiger partial charge in [-0.1, -0.05) is 19.8 Å². The van der Waals surface area contributed by atoms with Gasteiger partial charge in [0, 0.05) is 31.1 Å². The Bertz CT molecular complexity index is 597. The molecule has 160 valence electrons. The fourth-order valence-electron chi connectivity index (χ4n) is 4.34. The van der Waals surface area contributed by atoms with E-state index in [2.05, 4.69) is 46.7 Å². The van der Waals surface area contributed by atoms with Crippen molar-refractivity contribution >= 4 is 41.3 Å². The molecule has 1 aromatic heterocycles. The maximum absolute atomic E-state index is 4.93. The van der Waals surface area contributed by atoms with Gasteiger partial charge in [0.2, 0.25) is 0 Å². The maximum atomic E-state index is 4.93. The average molecular weight is 520 g/mol. The molecule has 2 unspecified atom stereocenters. The topological polar surface area (TPSA) is 52.6 Å². The minimum Gasteiger partial charge on any atom is -0.357 e. The summed E-state index contributed by atoms with van der Waals surface area (Å²) in [6.45, 7) is 11.8. The van der Waals surface area contributed by atoms with Gasteiger partial charge in [0.15, 0.2) is 5.96 Å². The van der Waals surface area contributed by atoms with E-state index in [1.807, 2.05) is 0 Å². The number of aliphatic imine (C=N–C) groups is 1. The van der Waals surface area contributed by atoms with Gasteiger partial charge < -0.3 is 10.6 Å². The summed E-state index contributed by atoms with van der Waals surface area (Å²) in [6, 6.07) is 0.593. The minimum absolute atomic E-state index is 0. The van der Waals surface area contributed by atoms with Crippen molar-refractivity contribution < 1.29 is 0 Å². The van der Waals surface area contributed by atoms with Crippen molar-refractivity contribution in [2.75, 3.05) is 26.2 Å². The highest BCUT2D eigenvalue weighted by Gasteiger charge is 2.21. The van der Waals surface area contributed by atoms with E-state index in [9.17, 15) is 0 Å². The molecule has 28 heavy (non-hydrogen) atoms. The van der Waals surface area contributed by atoms with Crippen molar-refractivity contribution in [2.45, 2.75) is 71.9 Å². The highest BCUT2D eigenvalue weighted by atomic mass is 127. The van der Waals surface area contributed by atoms with Gasteiger partial charge in [0.05, 0.1) is 10.7 Å². The summed E-state index contributed by atoms with van der Waals surface area (Å²) in [7, 11) is 0. The number of nitrogens with zero attached hydrogens (tertiary/aromatic N) is 3. The Morgan fingerprint density at radius 3 is 2.71 bits per heavy atom. The van der Waals surface area contributed by atoms with E-state index in [4.69, 9.17) is 4.99 Å². The van der Waals surface area contributed by atoms with E-state index >= 15 is 0 Å². The van der Waals surface area contributed by atoms with Crippen molar-refractivity contribution in [2.24, 2.45) is 16.8 Å². The second-order valence-corrected chi connectivity index (χ2v) is 9.47. The summed E-state index contributed by atoms with van der Waals surface area (Å²) in [5, 5.41) is 10.5. The van der Waals surface area contributed by atoms with Crippen LogP contribution >= 0.6 is 35.3 Å². The van der Waals surface area contributed by atoms with Gasteiger partial charge in [0.1, 0.15) is 0 Å². The number of hydrogen-bond acceptors (Lipinski definition) is 4. The van der Waals surface area contributed by atoms with Crippen molar-refractivity contribution in [3.05, 3.63) is 16.1 Å². The van der Waals surface area contributed by atoms with Gasteiger partial charge in [0.25, 0.3) is 0 Å². The first-order valence-electron chi connectivity index (χ1n) is 10.8. The lowest BCUT2D eigenvalue weighted by molar-refractivity contribution is 0.179. The van der Waals surface area contributed by atoms with Gasteiger partial charge >= 0.3 is 0 Å². The molecule has 3 rings (SSSR count). The zero-order valence-electron chi connectivity index (χ0n) is 17.7. The molecule has 1 aliphatic carbocycles. The van der Waals surface area contributed by atoms with Crippen LogP contribution in [0.1, 0.15) is 63.1 Å². The number of piperidine rings is 1. The first kappa shape index (κ1) is 23.9. The van der Waals surface area contributed by atoms with Gasteiger partial charge in [-0.2, -0.15) is 0 Å². The summed E-state index contributed by atoms with van der Waals surface area (Å²) in [5.41, 5.74) is 1.23. The smallest absolute Gasteiger partial charge is 0.191 e. The Labute approximate surface area is 192 Å². The number of guanidine groups is 1. The van der Waals surface area contributed by atoms with Crippen LogP contribution in [-0.4, -0.2) is 48.1 Å². The van der Waals surface area contributed by atoms with Crippen LogP contribution in [0, 0.1) is 18.8 Å². The highest BCUT2D eigenvalue weighted by molar-refractivity contribution is 14.0. The molecule has 2 N–H and O–H groups in total. The van der Waals surface area contributed by atoms with E-state index in [1.165, 1.54) is 62.3 Å². The third-order valence-electron chi connectivity index (χ3n) is 5.89. The highest BCUT2D eigenvalue weighted by Crippen LogP contribution is 2.23. The minimum atomic E-state index is 0. The van der Waals surface area contributed by atoms with E-state index < -0.39 is 0 Å². The van der Waals surface area contributed by atoms with Crippen LogP contribution in [0.25, 0.3) is 0 Å². The predicted octanol–water partition coefficient (Wildman–Crippen LogP) is 4.42. The normalized spacial score (nSPS) is 24.6. The molecule has 7 heteroatoms. The maximum Gasteiger partial charge on any atom is 0.191 e. The lowest BCUT2D eigenvalue weighted by Crippen LogP contribution is -2.45. The van der Waals surface area contributed by atoms with E-state index in [0.29, 0.717) is 12.0 Å². The number of halogens is 1. The predicted molar refractivity (Wildman–Crippen MR) is 131 cm³/mol. The third-order valence-corrected chi connectivity index (χ3v) is 6.71. The van der Waals surface area contributed by atoms with Crippen LogP contribution in [-0.2, 0) is 6.54 Å². The number of likely N-dealkylation sites (tertiary alicyclic amines) is 1. The average Bonchev–Trinajstić information content (AvgIpc) is 3.06. The molecule has 0 bridgehead atoms. The molecular formula is C21H38IN5S. The van der Waals surface area contributed by atoms with Gasteiger partial charge in [-0.25, -0.2) is 4.98 Å². The third kappa shape index (κ3) is 7.78. The SMILES string of the molecule is CCNC(=NCC1CCN(Cc2csc(C)n2)CC1)NC1CCCC(C)C1.I. The molecule has 1 aliphatic heterocycles. The molecule has 2 atom stereocenters. The molecular weight excluding hydrogens is 481 g/mol. The molecule has 1 saturated heterocycles. The molecule has 5 nitrogen and oxygen atoms in total. The second-order valence-electron chi connectivity index (χ2n) is 8.41. The molecule has 2 heterocycles. The van der Waals surface area contributed by atoms with Crippen LogP contribution in [0.5, 0.6) is 0 Å². The molecule has 0 spiro atoms. The zero-order chi connectivity index (χ0) is 19.1. The summed E-state index contributed by atoms with van der Waals surface area (Å²) in [5.74, 6) is 2.57. The first-order valence-corrected chi connectivity index (χ1v) is 11.7. The summed E-state index contributed by atoms with van der Waals surface area (Å²) in [6.07, 6.45) is 7.77. The van der Waals surface area contributed by atoms with Gasteiger partial charge in [-0.3, -0.25) is 9.89 Å². The Kier molecular flexibility index (Phi) is 10.5. The fourth-order valence-corrected chi connectivity index (χ4v) is 4.94. The molecule has 2 fully saturated rings. The van der Waals surface area contributed by atoms with Crippen LogP contribution in [0.15, 0.2) is 10.4 Å². The van der Waals surface area contributed by atoms with E-state index in [-0.39, 0.29) is 24.0 Å². The summed E-state index contributed by atoms with van der Waals surface area (Å²) < 4.78 is 0. The second kappa shape index (κ2) is 12.3. The molecule has 0 amide bonds. The van der Waals surface area contributed by atoms with Crippen molar-refractivity contribution in [1.82, 2.24) is 20.5 Å². The first-order chi connectivity index (χ1) is 13.1. The summed E-state index contributed by atoms with van der Waals surface area (Å²) in [4.78, 5) is 12.1. The molecule has 0 aromatic carbocycles. The number of rotatable bonds is 6. The number of thiazole rings is 1. The monoisotopic (exact) mass is 519 g/mol. The largest absolute Gasteiger partial charge is 0.357 e. The van der Waals surface area contributed by atoms with E-state index in [1.54, 1.807) is 11.3 Å².